The summed E-state index contributed by atoms with van der Waals surface area (Å²) in [5.74, 6) is 0. The average molecular weight is 292 g/mol. The average Bonchev–Trinajstić information content (AvgIpc) is 2.56. The molecule has 2 rings (SSSR count). The van der Waals surface area contributed by atoms with Crippen LogP contribution in [0.25, 0.3) is 0 Å². The van der Waals surface area contributed by atoms with Crippen molar-refractivity contribution < 1.29 is 9.84 Å². The number of aliphatic hydroxyl groups excluding tert-OH is 1. The predicted molar refractivity (Wildman–Crippen MR) is 85.4 cm³/mol. The molecule has 0 spiro atoms. The summed E-state index contributed by atoms with van der Waals surface area (Å²) in [5.41, 5.74) is 1.36. The zero-order valence-corrected chi connectivity index (χ0v) is 13.0. The first-order valence-corrected chi connectivity index (χ1v) is 8.06. The number of rotatable bonds is 8. The van der Waals surface area contributed by atoms with Gasteiger partial charge in [-0.25, -0.2) is 0 Å². The van der Waals surface area contributed by atoms with Crippen molar-refractivity contribution in [1.29, 1.82) is 0 Å². The highest BCUT2D eigenvalue weighted by Crippen LogP contribution is 2.18. The lowest BCUT2D eigenvalue weighted by Crippen LogP contribution is -2.45. The Bertz CT molecular complexity index is 386. The van der Waals surface area contributed by atoms with Gasteiger partial charge in [0.15, 0.2) is 0 Å². The number of nitrogens with zero attached hydrogens (tertiary/aromatic N) is 1. The van der Waals surface area contributed by atoms with E-state index in [-0.39, 0.29) is 12.7 Å². The highest BCUT2D eigenvalue weighted by Gasteiger charge is 2.20. The van der Waals surface area contributed by atoms with Gasteiger partial charge in [-0.15, -0.1) is 0 Å². The van der Waals surface area contributed by atoms with Crippen LogP contribution in [0.15, 0.2) is 30.3 Å². The first-order chi connectivity index (χ1) is 10.3. The molecule has 1 heterocycles. The van der Waals surface area contributed by atoms with E-state index in [0.717, 1.165) is 45.6 Å². The zero-order valence-electron chi connectivity index (χ0n) is 13.0. The van der Waals surface area contributed by atoms with Gasteiger partial charge in [0.2, 0.25) is 0 Å². The zero-order chi connectivity index (χ0) is 14.9. The van der Waals surface area contributed by atoms with Gasteiger partial charge in [-0.1, -0.05) is 37.3 Å². The molecule has 1 aliphatic rings. The van der Waals surface area contributed by atoms with Gasteiger partial charge in [-0.05, 0) is 24.9 Å². The van der Waals surface area contributed by atoms with Crippen molar-refractivity contribution in [3.8, 4) is 0 Å². The van der Waals surface area contributed by atoms with Crippen LogP contribution in [0, 0.1) is 0 Å². The number of hydrogen-bond donors (Lipinski definition) is 2. The molecule has 2 N–H and O–H groups in total. The first kappa shape index (κ1) is 16.4. The summed E-state index contributed by atoms with van der Waals surface area (Å²) in [6, 6.07) is 11.1. The Morgan fingerprint density at radius 3 is 2.90 bits per heavy atom. The van der Waals surface area contributed by atoms with Gasteiger partial charge in [-0.3, -0.25) is 4.90 Å². The molecule has 1 fully saturated rings. The standard InChI is InChI=1S/C17H28N2O2/c1-2-9-18-17(15-6-4-3-5-7-15)8-10-19-11-12-21-16(13-19)14-20/h3-7,16-18,20H,2,8-14H2,1H3. The van der Waals surface area contributed by atoms with Gasteiger partial charge in [0.1, 0.15) is 0 Å². The molecule has 0 amide bonds. The van der Waals surface area contributed by atoms with Crippen LogP contribution in [0.1, 0.15) is 31.4 Å². The second kappa shape index (κ2) is 9.15. The molecular weight excluding hydrogens is 264 g/mol. The molecule has 1 aromatic rings. The molecule has 1 aromatic carbocycles. The Morgan fingerprint density at radius 2 is 2.19 bits per heavy atom. The summed E-state index contributed by atoms with van der Waals surface area (Å²) in [5, 5.41) is 12.9. The summed E-state index contributed by atoms with van der Waals surface area (Å²) < 4.78 is 5.51. The lowest BCUT2D eigenvalue weighted by Gasteiger charge is -2.33. The van der Waals surface area contributed by atoms with Crippen LogP contribution in [0.5, 0.6) is 0 Å². The summed E-state index contributed by atoms with van der Waals surface area (Å²) >= 11 is 0. The molecule has 1 aliphatic heterocycles. The quantitative estimate of drug-likeness (QED) is 0.767. The molecular formula is C17H28N2O2. The van der Waals surface area contributed by atoms with Crippen molar-refractivity contribution in [2.24, 2.45) is 0 Å². The van der Waals surface area contributed by atoms with Gasteiger partial charge in [-0.2, -0.15) is 0 Å². The van der Waals surface area contributed by atoms with E-state index in [4.69, 9.17) is 4.74 Å². The Kier molecular flexibility index (Phi) is 7.16. The van der Waals surface area contributed by atoms with Crippen LogP contribution in [-0.2, 0) is 4.74 Å². The SMILES string of the molecule is CCCNC(CCN1CCOC(CO)C1)c1ccccc1. The topological polar surface area (TPSA) is 44.7 Å². The Balaban J connectivity index is 1.86. The molecule has 118 valence electrons. The minimum atomic E-state index is -0.0162. The van der Waals surface area contributed by atoms with Gasteiger partial charge in [0.25, 0.3) is 0 Å². The lowest BCUT2D eigenvalue weighted by molar-refractivity contribution is -0.0533. The fourth-order valence-corrected chi connectivity index (χ4v) is 2.80. The minimum Gasteiger partial charge on any atom is -0.394 e. The van der Waals surface area contributed by atoms with Crippen molar-refractivity contribution in [2.45, 2.75) is 31.9 Å². The third kappa shape index (κ3) is 5.40. The molecule has 2 atom stereocenters. The molecule has 0 bridgehead atoms. The molecule has 2 unspecified atom stereocenters. The van der Waals surface area contributed by atoms with Gasteiger partial charge in [0, 0.05) is 25.7 Å². The summed E-state index contributed by atoms with van der Waals surface area (Å²) in [6.07, 6.45) is 2.22. The summed E-state index contributed by atoms with van der Waals surface area (Å²) in [4.78, 5) is 2.40. The van der Waals surface area contributed by atoms with E-state index in [1.54, 1.807) is 0 Å². The van der Waals surface area contributed by atoms with E-state index in [1.807, 2.05) is 0 Å². The van der Waals surface area contributed by atoms with E-state index >= 15 is 0 Å². The van der Waals surface area contributed by atoms with Crippen molar-refractivity contribution in [3.05, 3.63) is 35.9 Å². The monoisotopic (exact) mass is 292 g/mol. The normalized spacial score (nSPS) is 21.3. The molecule has 4 heteroatoms. The predicted octanol–water partition coefficient (Wildman–Crippen LogP) is 1.81. The molecule has 0 radical (unpaired) electrons. The van der Waals surface area contributed by atoms with Crippen LogP contribution in [0.3, 0.4) is 0 Å². The largest absolute Gasteiger partial charge is 0.394 e. The molecule has 0 aliphatic carbocycles. The second-order valence-electron chi connectivity index (χ2n) is 5.68. The molecule has 1 saturated heterocycles. The second-order valence-corrected chi connectivity index (χ2v) is 5.68. The number of aliphatic hydroxyl groups is 1. The first-order valence-electron chi connectivity index (χ1n) is 8.06. The highest BCUT2D eigenvalue weighted by molar-refractivity contribution is 5.18. The van der Waals surface area contributed by atoms with E-state index in [2.05, 4.69) is 47.5 Å². The maximum Gasteiger partial charge on any atom is 0.0932 e. The maximum absolute atomic E-state index is 9.22. The van der Waals surface area contributed by atoms with E-state index < -0.39 is 0 Å². The Hall–Kier alpha value is -0.940. The smallest absolute Gasteiger partial charge is 0.0932 e. The van der Waals surface area contributed by atoms with Crippen molar-refractivity contribution in [3.63, 3.8) is 0 Å². The number of morpholine rings is 1. The highest BCUT2D eigenvalue weighted by atomic mass is 16.5. The number of ether oxygens (including phenoxy) is 1. The van der Waals surface area contributed by atoms with Crippen LogP contribution in [0.4, 0.5) is 0 Å². The lowest BCUT2D eigenvalue weighted by atomic mass is 10.0. The van der Waals surface area contributed by atoms with Crippen molar-refractivity contribution >= 4 is 0 Å². The van der Waals surface area contributed by atoms with Crippen LogP contribution < -0.4 is 5.32 Å². The van der Waals surface area contributed by atoms with Crippen molar-refractivity contribution in [2.75, 3.05) is 39.4 Å². The summed E-state index contributed by atoms with van der Waals surface area (Å²) in [7, 11) is 0. The fourth-order valence-electron chi connectivity index (χ4n) is 2.80. The summed E-state index contributed by atoms with van der Waals surface area (Å²) in [6.45, 7) is 6.93. The van der Waals surface area contributed by atoms with Gasteiger partial charge >= 0.3 is 0 Å². The molecule has 4 nitrogen and oxygen atoms in total. The fraction of sp³-hybridized carbons (Fsp3) is 0.647. The van der Waals surface area contributed by atoms with Crippen LogP contribution in [0.2, 0.25) is 0 Å². The van der Waals surface area contributed by atoms with E-state index in [9.17, 15) is 5.11 Å². The number of nitrogens with one attached hydrogen (secondary N) is 1. The van der Waals surface area contributed by atoms with Crippen LogP contribution in [-0.4, -0.2) is 55.5 Å². The maximum atomic E-state index is 9.22. The van der Waals surface area contributed by atoms with E-state index in [0.29, 0.717) is 6.04 Å². The molecule has 0 saturated carbocycles. The Labute approximate surface area is 128 Å². The number of hydrogen-bond acceptors (Lipinski definition) is 4. The Morgan fingerprint density at radius 1 is 1.38 bits per heavy atom. The van der Waals surface area contributed by atoms with Crippen LogP contribution >= 0.6 is 0 Å². The van der Waals surface area contributed by atoms with E-state index in [1.165, 1.54) is 5.56 Å². The van der Waals surface area contributed by atoms with Gasteiger partial charge in [0.05, 0.1) is 19.3 Å². The third-order valence-corrected chi connectivity index (χ3v) is 4.00. The van der Waals surface area contributed by atoms with Crippen molar-refractivity contribution in [1.82, 2.24) is 10.2 Å². The molecule has 21 heavy (non-hydrogen) atoms. The minimum absolute atomic E-state index is 0.0162. The van der Waals surface area contributed by atoms with Gasteiger partial charge < -0.3 is 15.2 Å². The molecule has 0 aromatic heterocycles. The number of benzene rings is 1. The third-order valence-electron chi connectivity index (χ3n) is 4.00.